The van der Waals surface area contributed by atoms with E-state index >= 15 is 0 Å². The van der Waals surface area contributed by atoms with Crippen LogP contribution in [0.5, 0.6) is 0 Å². The number of carbonyl (C=O) groups excluding carboxylic acids is 1. The van der Waals surface area contributed by atoms with E-state index in [9.17, 15) is 4.79 Å². The average Bonchev–Trinajstić information content (AvgIpc) is 2.75. The van der Waals surface area contributed by atoms with Crippen LogP contribution < -0.4 is 5.32 Å². The lowest BCUT2D eigenvalue weighted by Crippen LogP contribution is -2.17. The van der Waals surface area contributed by atoms with Gasteiger partial charge in [0.2, 0.25) is 0 Å². The van der Waals surface area contributed by atoms with E-state index in [1.54, 1.807) is 19.2 Å². The largest absolute Gasteiger partial charge is 0.386 e. The molecule has 1 aliphatic rings. The molecule has 4 nitrogen and oxygen atoms in total. The summed E-state index contributed by atoms with van der Waals surface area (Å²) in [6, 6.07) is 7.33. The van der Waals surface area contributed by atoms with Crippen molar-refractivity contribution in [2.75, 3.05) is 7.05 Å². The van der Waals surface area contributed by atoms with E-state index in [0.717, 1.165) is 16.6 Å². The highest BCUT2D eigenvalue weighted by molar-refractivity contribution is 9.18. The highest BCUT2D eigenvalue weighted by Crippen LogP contribution is 2.28. The molecule has 5 heteroatoms. The first-order chi connectivity index (χ1) is 7.70. The third-order valence-corrected chi connectivity index (χ3v) is 2.87. The number of carbonyl (C=O) groups is 1. The van der Waals surface area contributed by atoms with Gasteiger partial charge in [-0.15, -0.1) is 0 Å². The van der Waals surface area contributed by atoms with Crippen molar-refractivity contribution in [1.29, 1.82) is 0 Å². The number of amides is 1. The van der Waals surface area contributed by atoms with Crippen molar-refractivity contribution in [2.24, 2.45) is 5.16 Å². The summed E-state index contributed by atoms with van der Waals surface area (Å²) in [5.41, 5.74) is 1.66. The number of benzene rings is 1. The Morgan fingerprint density at radius 1 is 1.50 bits per heavy atom. The molecule has 84 valence electrons. The molecule has 0 unspecified atom stereocenters. The summed E-state index contributed by atoms with van der Waals surface area (Å²) in [5.74, 6) is -0.0867. The summed E-state index contributed by atoms with van der Waals surface area (Å²) in [4.78, 5) is 16.5. The number of halogens is 1. The lowest BCUT2D eigenvalue weighted by molar-refractivity contribution is 0.0856. The molecule has 1 aromatic carbocycles. The van der Waals surface area contributed by atoms with Gasteiger partial charge in [-0.3, -0.25) is 4.79 Å². The summed E-state index contributed by atoms with van der Waals surface area (Å²) >= 11 is 3.29. The third-order valence-electron chi connectivity index (χ3n) is 2.40. The molecule has 0 aromatic heterocycles. The zero-order valence-electron chi connectivity index (χ0n) is 8.74. The summed E-state index contributed by atoms with van der Waals surface area (Å²) in [7, 11) is 1.61. The van der Waals surface area contributed by atoms with E-state index in [-0.39, 0.29) is 12.0 Å². The van der Waals surface area contributed by atoms with Crippen molar-refractivity contribution in [3.63, 3.8) is 0 Å². The van der Waals surface area contributed by atoms with Gasteiger partial charge in [0, 0.05) is 19.0 Å². The van der Waals surface area contributed by atoms with Gasteiger partial charge in [0.05, 0.1) is 0 Å². The predicted octanol–water partition coefficient (Wildman–Crippen LogP) is 2.22. The topological polar surface area (TPSA) is 50.7 Å². The fourth-order valence-electron chi connectivity index (χ4n) is 1.52. The van der Waals surface area contributed by atoms with Crippen LogP contribution in [-0.4, -0.2) is 17.6 Å². The Morgan fingerprint density at radius 3 is 2.69 bits per heavy atom. The maximum Gasteiger partial charge on any atom is 0.251 e. The van der Waals surface area contributed by atoms with Crippen LogP contribution in [0.1, 0.15) is 28.4 Å². The Bertz CT molecular complexity index is 428. The van der Waals surface area contributed by atoms with Crippen LogP contribution in [0.15, 0.2) is 29.4 Å². The zero-order valence-corrected chi connectivity index (χ0v) is 10.3. The van der Waals surface area contributed by atoms with Crippen LogP contribution in [0.3, 0.4) is 0 Å². The minimum atomic E-state index is -0.0867. The lowest BCUT2D eigenvalue weighted by atomic mass is 10.1. The SMILES string of the molecule is CNC(=O)c1ccc([C@@H]2CC(Br)=NO2)cc1. The second-order valence-corrected chi connectivity index (χ2v) is 4.38. The monoisotopic (exact) mass is 282 g/mol. The quantitative estimate of drug-likeness (QED) is 0.904. The minimum absolute atomic E-state index is 0.0480. The smallest absolute Gasteiger partial charge is 0.251 e. The fraction of sp³-hybridized carbons (Fsp3) is 0.273. The van der Waals surface area contributed by atoms with Gasteiger partial charge >= 0.3 is 0 Å². The minimum Gasteiger partial charge on any atom is -0.386 e. The normalized spacial score (nSPS) is 18.9. The summed E-state index contributed by atoms with van der Waals surface area (Å²) in [6.07, 6.45) is 0.687. The molecule has 16 heavy (non-hydrogen) atoms. The molecule has 1 atom stereocenters. The second kappa shape index (κ2) is 4.65. The first-order valence-corrected chi connectivity index (χ1v) is 5.70. The number of hydrogen-bond donors (Lipinski definition) is 1. The van der Waals surface area contributed by atoms with Crippen LogP contribution in [0, 0.1) is 0 Å². The van der Waals surface area contributed by atoms with Crippen LogP contribution >= 0.6 is 15.9 Å². The molecule has 0 fully saturated rings. The molecule has 0 radical (unpaired) electrons. The Morgan fingerprint density at radius 2 is 2.19 bits per heavy atom. The maximum absolute atomic E-state index is 11.3. The number of nitrogens with one attached hydrogen (secondary N) is 1. The van der Waals surface area contributed by atoms with Crippen LogP contribution in [0.25, 0.3) is 0 Å². The maximum atomic E-state index is 11.3. The van der Waals surface area contributed by atoms with E-state index < -0.39 is 0 Å². The molecular formula is C11H11BrN2O2. The second-order valence-electron chi connectivity index (χ2n) is 3.47. The van der Waals surface area contributed by atoms with E-state index in [0.29, 0.717) is 5.56 Å². The molecule has 1 N–H and O–H groups in total. The molecule has 0 saturated carbocycles. The molecule has 1 heterocycles. The Labute approximate surface area is 102 Å². The van der Waals surface area contributed by atoms with E-state index in [4.69, 9.17) is 4.84 Å². The van der Waals surface area contributed by atoms with Crippen molar-refractivity contribution < 1.29 is 9.63 Å². The van der Waals surface area contributed by atoms with Crippen molar-refractivity contribution >= 4 is 26.5 Å². The predicted molar refractivity (Wildman–Crippen MR) is 64.6 cm³/mol. The van der Waals surface area contributed by atoms with Crippen LogP contribution in [0.2, 0.25) is 0 Å². The van der Waals surface area contributed by atoms with Crippen LogP contribution in [-0.2, 0) is 4.84 Å². The Balaban J connectivity index is 2.11. The molecule has 1 amide bonds. The van der Waals surface area contributed by atoms with Gasteiger partial charge in [-0.25, -0.2) is 0 Å². The number of oxime groups is 1. The number of nitrogens with zero attached hydrogens (tertiary/aromatic N) is 1. The molecule has 0 aliphatic carbocycles. The Kier molecular flexibility index (Phi) is 3.24. The first kappa shape index (κ1) is 11.1. The summed E-state index contributed by atoms with van der Waals surface area (Å²) in [6.45, 7) is 0. The summed E-state index contributed by atoms with van der Waals surface area (Å²) in [5, 5.41) is 6.40. The fourth-order valence-corrected chi connectivity index (χ4v) is 1.90. The van der Waals surface area contributed by atoms with Gasteiger partial charge in [0.25, 0.3) is 5.91 Å². The van der Waals surface area contributed by atoms with E-state index in [1.165, 1.54) is 0 Å². The standard InChI is InChI=1S/C11H11BrN2O2/c1-13-11(15)8-4-2-7(3-5-8)9-6-10(12)14-16-9/h2-5,9H,6H2,1H3,(H,13,15)/t9-/m0/s1. The third kappa shape index (κ3) is 2.24. The number of hydrogen-bond acceptors (Lipinski definition) is 3. The molecule has 1 aliphatic heterocycles. The highest BCUT2D eigenvalue weighted by Gasteiger charge is 2.21. The van der Waals surface area contributed by atoms with Gasteiger partial charge in [0.15, 0.2) is 6.10 Å². The first-order valence-electron chi connectivity index (χ1n) is 4.91. The van der Waals surface area contributed by atoms with Crippen LogP contribution in [0.4, 0.5) is 0 Å². The van der Waals surface area contributed by atoms with E-state index in [1.807, 2.05) is 12.1 Å². The molecule has 0 bridgehead atoms. The van der Waals surface area contributed by atoms with Gasteiger partial charge in [-0.1, -0.05) is 17.3 Å². The average molecular weight is 283 g/mol. The van der Waals surface area contributed by atoms with Gasteiger partial charge in [-0.2, -0.15) is 0 Å². The van der Waals surface area contributed by atoms with E-state index in [2.05, 4.69) is 26.4 Å². The van der Waals surface area contributed by atoms with Crippen molar-refractivity contribution in [1.82, 2.24) is 5.32 Å². The zero-order chi connectivity index (χ0) is 11.5. The lowest BCUT2D eigenvalue weighted by Gasteiger charge is -2.08. The molecule has 0 spiro atoms. The highest BCUT2D eigenvalue weighted by atomic mass is 79.9. The van der Waals surface area contributed by atoms with Crippen molar-refractivity contribution in [3.8, 4) is 0 Å². The van der Waals surface area contributed by atoms with Gasteiger partial charge in [0.1, 0.15) is 4.62 Å². The molecule has 2 rings (SSSR count). The van der Waals surface area contributed by atoms with Gasteiger partial charge < -0.3 is 10.2 Å². The van der Waals surface area contributed by atoms with Crippen molar-refractivity contribution in [2.45, 2.75) is 12.5 Å². The van der Waals surface area contributed by atoms with Crippen molar-refractivity contribution in [3.05, 3.63) is 35.4 Å². The summed E-state index contributed by atoms with van der Waals surface area (Å²) < 4.78 is 0.813. The van der Waals surface area contributed by atoms with Gasteiger partial charge in [-0.05, 0) is 33.6 Å². The Hall–Kier alpha value is -1.36. The molecule has 0 saturated heterocycles. The number of rotatable bonds is 2. The molecule has 1 aromatic rings. The molecular weight excluding hydrogens is 272 g/mol.